The summed E-state index contributed by atoms with van der Waals surface area (Å²) in [6.07, 6.45) is 1.75. The van der Waals surface area contributed by atoms with Crippen molar-refractivity contribution in [3.63, 3.8) is 0 Å². The van der Waals surface area contributed by atoms with Gasteiger partial charge in [-0.25, -0.2) is 0 Å². The zero-order valence-corrected chi connectivity index (χ0v) is 12.7. The molecule has 6 heteroatoms. The predicted molar refractivity (Wildman–Crippen MR) is 75.6 cm³/mol. The molecule has 1 aliphatic rings. The van der Waals surface area contributed by atoms with Gasteiger partial charge in [0.15, 0.2) is 0 Å². The van der Waals surface area contributed by atoms with Gasteiger partial charge in [0.05, 0.1) is 18.1 Å². The Kier molecular flexibility index (Phi) is 3.62. The van der Waals surface area contributed by atoms with Crippen LogP contribution < -0.4 is 0 Å². The monoisotopic (exact) mass is 294 g/mol. The van der Waals surface area contributed by atoms with Crippen molar-refractivity contribution in [1.82, 2.24) is 10.1 Å². The van der Waals surface area contributed by atoms with Crippen LogP contribution >= 0.6 is 11.3 Å². The van der Waals surface area contributed by atoms with Crippen LogP contribution in [0.4, 0.5) is 0 Å². The summed E-state index contributed by atoms with van der Waals surface area (Å²) in [6.45, 7) is 5.48. The molecule has 3 rings (SSSR count). The van der Waals surface area contributed by atoms with Crippen LogP contribution in [0.2, 0.25) is 0 Å². The van der Waals surface area contributed by atoms with Crippen LogP contribution in [0.15, 0.2) is 10.6 Å². The molecule has 0 N–H and O–H groups in total. The van der Waals surface area contributed by atoms with Gasteiger partial charge in [0.25, 0.3) is 5.89 Å². The Hall–Kier alpha value is -1.24. The molecular formula is C14H18N2O3S. The third-order valence-corrected chi connectivity index (χ3v) is 5.09. The van der Waals surface area contributed by atoms with Crippen molar-refractivity contribution in [2.24, 2.45) is 0 Å². The van der Waals surface area contributed by atoms with Crippen molar-refractivity contribution in [2.45, 2.75) is 38.9 Å². The van der Waals surface area contributed by atoms with E-state index < -0.39 is 5.60 Å². The highest BCUT2D eigenvalue weighted by Crippen LogP contribution is 2.35. The molecule has 20 heavy (non-hydrogen) atoms. The van der Waals surface area contributed by atoms with Crippen LogP contribution in [0, 0.1) is 0 Å². The number of ether oxygens (including phenoxy) is 2. The van der Waals surface area contributed by atoms with Crippen LogP contribution in [0.5, 0.6) is 0 Å². The molecule has 0 amide bonds. The highest BCUT2D eigenvalue weighted by molar-refractivity contribution is 7.15. The molecular weight excluding hydrogens is 276 g/mol. The van der Waals surface area contributed by atoms with Crippen LogP contribution in [0.1, 0.15) is 36.5 Å². The molecule has 0 aromatic carbocycles. The number of thiophene rings is 1. The van der Waals surface area contributed by atoms with E-state index in [9.17, 15) is 0 Å². The second-order valence-electron chi connectivity index (χ2n) is 5.07. The molecule has 0 spiro atoms. The van der Waals surface area contributed by atoms with Gasteiger partial charge < -0.3 is 14.0 Å². The van der Waals surface area contributed by atoms with E-state index in [0.29, 0.717) is 18.3 Å². The Bertz CT molecular complexity index is 578. The lowest BCUT2D eigenvalue weighted by Gasteiger charge is -2.21. The highest BCUT2D eigenvalue weighted by Gasteiger charge is 2.30. The summed E-state index contributed by atoms with van der Waals surface area (Å²) >= 11 is 1.71. The molecule has 3 heterocycles. The molecule has 0 radical (unpaired) electrons. The minimum Gasteiger partial charge on any atom is -0.376 e. The summed E-state index contributed by atoms with van der Waals surface area (Å²) in [5, 5.41) is 4.08. The third-order valence-electron chi connectivity index (χ3n) is 3.86. The maximum Gasteiger partial charge on any atom is 0.268 e. The summed E-state index contributed by atoms with van der Waals surface area (Å²) < 4.78 is 16.4. The second-order valence-corrected chi connectivity index (χ2v) is 6.21. The molecule has 0 saturated heterocycles. The Balaban J connectivity index is 1.92. The van der Waals surface area contributed by atoms with Gasteiger partial charge in [0.2, 0.25) is 5.82 Å². The first-order chi connectivity index (χ1) is 9.66. The predicted octanol–water partition coefficient (Wildman–Crippen LogP) is 3.14. The average Bonchev–Trinajstić information content (AvgIpc) is 3.12. The molecule has 0 fully saturated rings. The fourth-order valence-corrected chi connectivity index (χ4v) is 3.26. The standard InChI is InChI=1S/C14H18N2O3S/c1-4-14(2,17-3)13-15-12(19-16-13)11-7-9-8-18-6-5-10(9)20-11/h7H,4-6,8H2,1-3H3. The molecule has 108 valence electrons. The summed E-state index contributed by atoms with van der Waals surface area (Å²) in [5.74, 6) is 1.16. The lowest BCUT2D eigenvalue weighted by atomic mass is 10.0. The first-order valence-electron chi connectivity index (χ1n) is 6.75. The van der Waals surface area contributed by atoms with E-state index in [2.05, 4.69) is 16.2 Å². The van der Waals surface area contributed by atoms with Gasteiger partial charge in [0, 0.05) is 18.4 Å². The van der Waals surface area contributed by atoms with Crippen molar-refractivity contribution >= 4 is 11.3 Å². The molecule has 1 atom stereocenters. The van der Waals surface area contributed by atoms with Gasteiger partial charge in [-0.15, -0.1) is 11.3 Å². The maximum atomic E-state index is 5.50. The normalized spacial score (nSPS) is 17.8. The first kappa shape index (κ1) is 13.7. The average molecular weight is 294 g/mol. The smallest absolute Gasteiger partial charge is 0.268 e. The molecule has 2 aromatic rings. The first-order valence-corrected chi connectivity index (χ1v) is 7.57. The van der Waals surface area contributed by atoms with Gasteiger partial charge in [-0.3, -0.25) is 0 Å². The lowest BCUT2D eigenvalue weighted by molar-refractivity contribution is -0.0106. The molecule has 1 unspecified atom stereocenters. The quantitative estimate of drug-likeness (QED) is 0.867. The fraction of sp³-hybridized carbons (Fsp3) is 0.571. The fourth-order valence-electron chi connectivity index (χ4n) is 2.18. The SMILES string of the molecule is CCC(C)(OC)c1noc(-c2cc3c(s2)CCOC3)n1. The highest BCUT2D eigenvalue weighted by atomic mass is 32.1. The van der Waals surface area contributed by atoms with Gasteiger partial charge in [0.1, 0.15) is 5.60 Å². The zero-order valence-electron chi connectivity index (χ0n) is 11.9. The summed E-state index contributed by atoms with van der Waals surface area (Å²) in [7, 11) is 1.67. The molecule has 0 bridgehead atoms. The largest absolute Gasteiger partial charge is 0.376 e. The summed E-state index contributed by atoms with van der Waals surface area (Å²) in [4.78, 5) is 6.87. The number of nitrogens with zero attached hydrogens (tertiary/aromatic N) is 2. The van der Waals surface area contributed by atoms with Crippen LogP contribution in [0.25, 0.3) is 10.8 Å². The van der Waals surface area contributed by atoms with Gasteiger partial charge >= 0.3 is 0 Å². The van der Waals surface area contributed by atoms with E-state index in [0.717, 1.165) is 24.3 Å². The number of methoxy groups -OCH3 is 1. The van der Waals surface area contributed by atoms with E-state index in [1.165, 1.54) is 10.4 Å². The summed E-state index contributed by atoms with van der Waals surface area (Å²) in [5.41, 5.74) is 0.739. The Morgan fingerprint density at radius 2 is 2.35 bits per heavy atom. The number of hydrogen-bond acceptors (Lipinski definition) is 6. The van der Waals surface area contributed by atoms with E-state index in [4.69, 9.17) is 14.0 Å². The van der Waals surface area contributed by atoms with Crippen molar-refractivity contribution in [2.75, 3.05) is 13.7 Å². The Labute approximate surface area is 121 Å². The maximum absolute atomic E-state index is 5.50. The minimum absolute atomic E-state index is 0.498. The minimum atomic E-state index is -0.498. The van der Waals surface area contributed by atoms with Crippen molar-refractivity contribution in [3.8, 4) is 10.8 Å². The lowest BCUT2D eigenvalue weighted by Crippen LogP contribution is -2.24. The van der Waals surface area contributed by atoms with Crippen molar-refractivity contribution in [1.29, 1.82) is 0 Å². The number of aromatic nitrogens is 2. The molecule has 0 aliphatic carbocycles. The van der Waals surface area contributed by atoms with Gasteiger partial charge in [-0.2, -0.15) is 4.98 Å². The Morgan fingerprint density at radius 1 is 1.50 bits per heavy atom. The topological polar surface area (TPSA) is 57.4 Å². The van der Waals surface area contributed by atoms with Gasteiger partial charge in [-0.1, -0.05) is 12.1 Å². The van der Waals surface area contributed by atoms with E-state index in [-0.39, 0.29) is 0 Å². The zero-order chi connectivity index (χ0) is 14.2. The summed E-state index contributed by atoms with van der Waals surface area (Å²) in [6, 6.07) is 2.09. The van der Waals surface area contributed by atoms with Gasteiger partial charge in [-0.05, 0) is 25.0 Å². The van der Waals surface area contributed by atoms with Crippen LogP contribution in [-0.2, 0) is 28.1 Å². The number of hydrogen-bond donors (Lipinski definition) is 0. The van der Waals surface area contributed by atoms with Crippen molar-refractivity contribution < 1.29 is 14.0 Å². The molecule has 5 nitrogen and oxygen atoms in total. The van der Waals surface area contributed by atoms with E-state index >= 15 is 0 Å². The van der Waals surface area contributed by atoms with Crippen LogP contribution in [-0.4, -0.2) is 23.9 Å². The molecule has 2 aromatic heterocycles. The number of fused-ring (bicyclic) bond motifs is 1. The van der Waals surface area contributed by atoms with Crippen LogP contribution in [0.3, 0.4) is 0 Å². The third kappa shape index (κ3) is 2.28. The van der Waals surface area contributed by atoms with E-state index in [1.807, 2.05) is 13.8 Å². The molecule has 1 aliphatic heterocycles. The van der Waals surface area contributed by atoms with Crippen molar-refractivity contribution in [3.05, 3.63) is 22.3 Å². The van der Waals surface area contributed by atoms with E-state index in [1.54, 1.807) is 18.4 Å². The Morgan fingerprint density at radius 3 is 3.05 bits per heavy atom. The molecule has 0 saturated carbocycles. The second kappa shape index (κ2) is 5.27. The number of rotatable bonds is 4.